The molecule has 96 valence electrons. The zero-order valence-electron chi connectivity index (χ0n) is 8.22. The Morgan fingerprint density at radius 1 is 1.38 bits per heavy atom. The SMILES string of the molecule is N[C@@H](COP(=O)(O)O)C(=O)OCC(O)CO. The van der Waals surface area contributed by atoms with Crippen molar-refractivity contribution in [1.29, 1.82) is 0 Å². The topological polar surface area (TPSA) is 160 Å². The van der Waals surface area contributed by atoms with Crippen molar-refractivity contribution in [3.05, 3.63) is 0 Å². The number of carbonyl (C=O) groups excluding carboxylic acids is 1. The molecule has 0 rings (SSSR count). The third kappa shape index (κ3) is 7.71. The van der Waals surface area contributed by atoms with Crippen molar-refractivity contribution in [3.63, 3.8) is 0 Å². The van der Waals surface area contributed by atoms with E-state index in [1.165, 1.54) is 0 Å². The summed E-state index contributed by atoms with van der Waals surface area (Å²) in [5.41, 5.74) is 5.17. The fourth-order valence-corrected chi connectivity index (χ4v) is 0.938. The lowest BCUT2D eigenvalue weighted by molar-refractivity contribution is -0.149. The summed E-state index contributed by atoms with van der Waals surface area (Å²) in [6.45, 7) is -1.75. The second-order valence-corrected chi connectivity index (χ2v) is 4.10. The molecule has 10 heteroatoms. The molecular formula is C6H14NO8P. The summed E-state index contributed by atoms with van der Waals surface area (Å²) in [6.07, 6.45) is -1.22. The molecule has 0 spiro atoms. The van der Waals surface area contributed by atoms with Crippen molar-refractivity contribution in [1.82, 2.24) is 0 Å². The Labute approximate surface area is 91.0 Å². The zero-order chi connectivity index (χ0) is 12.8. The van der Waals surface area contributed by atoms with E-state index in [1.807, 2.05) is 0 Å². The van der Waals surface area contributed by atoms with Gasteiger partial charge in [-0.05, 0) is 0 Å². The Morgan fingerprint density at radius 3 is 2.38 bits per heavy atom. The Hall–Kier alpha value is -0.540. The Bertz CT molecular complexity index is 265. The van der Waals surface area contributed by atoms with Crippen LogP contribution in [0.3, 0.4) is 0 Å². The molecule has 0 saturated carbocycles. The maximum Gasteiger partial charge on any atom is 0.469 e. The molecule has 0 aromatic heterocycles. The minimum atomic E-state index is -4.68. The number of phosphoric acid groups is 1. The minimum absolute atomic E-state index is 0.459. The number of rotatable bonds is 7. The molecule has 0 aromatic rings. The van der Waals surface area contributed by atoms with Crippen LogP contribution >= 0.6 is 7.82 Å². The lowest BCUT2D eigenvalue weighted by atomic mass is 10.3. The molecular weight excluding hydrogens is 245 g/mol. The van der Waals surface area contributed by atoms with Crippen LogP contribution in [0.2, 0.25) is 0 Å². The molecule has 0 fully saturated rings. The number of esters is 1. The van der Waals surface area contributed by atoms with Crippen molar-refractivity contribution < 1.29 is 38.6 Å². The fraction of sp³-hybridized carbons (Fsp3) is 0.833. The Balaban J connectivity index is 3.86. The third-order valence-corrected chi connectivity index (χ3v) is 1.84. The molecule has 0 bridgehead atoms. The predicted octanol–water partition coefficient (Wildman–Crippen LogP) is -2.68. The van der Waals surface area contributed by atoms with E-state index >= 15 is 0 Å². The van der Waals surface area contributed by atoms with Crippen molar-refractivity contribution >= 4 is 13.8 Å². The molecule has 16 heavy (non-hydrogen) atoms. The quantitative estimate of drug-likeness (QED) is 0.242. The number of carbonyl (C=O) groups is 1. The van der Waals surface area contributed by atoms with Crippen molar-refractivity contribution in [2.24, 2.45) is 5.73 Å². The van der Waals surface area contributed by atoms with Crippen LogP contribution in [-0.4, -0.2) is 57.9 Å². The van der Waals surface area contributed by atoms with Crippen LogP contribution in [0.15, 0.2) is 0 Å². The van der Waals surface area contributed by atoms with Gasteiger partial charge in [0.2, 0.25) is 0 Å². The molecule has 0 radical (unpaired) electrons. The first-order valence-corrected chi connectivity index (χ1v) is 5.70. The third-order valence-electron chi connectivity index (χ3n) is 1.35. The van der Waals surface area contributed by atoms with Crippen LogP contribution in [0.25, 0.3) is 0 Å². The van der Waals surface area contributed by atoms with Crippen LogP contribution in [0.4, 0.5) is 0 Å². The van der Waals surface area contributed by atoms with Crippen LogP contribution in [0.5, 0.6) is 0 Å². The van der Waals surface area contributed by atoms with Gasteiger partial charge in [-0.15, -0.1) is 0 Å². The van der Waals surface area contributed by atoms with E-state index in [4.69, 9.17) is 25.7 Å². The van der Waals surface area contributed by atoms with Gasteiger partial charge in [-0.25, -0.2) is 4.57 Å². The van der Waals surface area contributed by atoms with Crippen LogP contribution in [0, 0.1) is 0 Å². The molecule has 0 aromatic carbocycles. The highest BCUT2D eigenvalue weighted by Gasteiger charge is 2.22. The van der Waals surface area contributed by atoms with Gasteiger partial charge >= 0.3 is 13.8 Å². The monoisotopic (exact) mass is 259 g/mol. The van der Waals surface area contributed by atoms with Gasteiger partial charge in [0.25, 0.3) is 0 Å². The highest BCUT2D eigenvalue weighted by atomic mass is 31.2. The van der Waals surface area contributed by atoms with E-state index in [9.17, 15) is 9.36 Å². The van der Waals surface area contributed by atoms with E-state index in [-0.39, 0.29) is 0 Å². The van der Waals surface area contributed by atoms with E-state index in [0.717, 1.165) is 0 Å². The first-order chi connectivity index (χ1) is 7.26. The number of nitrogens with two attached hydrogens (primary N) is 1. The zero-order valence-corrected chi connectivity index (χ0v) is 9.12. The van der Waals surface area contributed by atoms with Crippen LogP contribution in [0.1, 0.15) is 0 Å². The number of aliphatic hydroxyl groups is 2. The van der Waals surface area contributed by atoms with E-state index in [0.29, 0.717) is 0 Å². The predicted molar refractivity (Wildman–Crippen MR) is 50.0 cm³/mol. The van der Waals surface area contributed by atoms with Gasteiger partial charge < -0.3 is 30.5 Å². The van der Waals surface area contributed by atoms with E-state index in [1.54, 1.807) is 0 Å². The van der Waals surface area contributed by atoms with Crippen LogP contribution < -0.4 is 5.73 Å². The normalized spacial score (nSPS) is 15.6. The molecule has 1 unspecified atom stereocenters. The largest absolute Gasteiger partial charge is 0.469 e. The van der Waals surface area contributed by atoms with Gasteiger partial charge in [-0.2, -0.15) is 0 Å². The molecule has 0 aliphatic heterocycles. The van der Waals surface area contributed by atoms with Gasteiger partial charge in [-0.1, -0.05) is 0 Å². The summed E-state index contributed by atoms with van der Waals surface area (Å²) in [7, 11) is -4.68. The number of phosphoric ester groups is 1. The number of hydrogen-bond acceptors (Lipinski definition) is 7. The molecule has 0 saturated heterocycles. The van der Waals surface area contributed by atoms with Gasteiger partial charge in [0.1, 0.15) is 18.8 Å². The summed E-state index contributed by atoms with van der Waals surface area (Å²) < 4.78 is 18.7. The lowest BCUT2D eigenvalue weighted by Crippen LogP contribution is -2.38. The summed E-state index contributed by atoms with van der Waals surface area (Å²) in [6, 6.07) is -1.38. The maximum atomic E-state index is 11.0. The molecule has 0 aliphatic rings. The summed E-state index contributed by atoms with van der Waals surface area (Å²) in [5.74, 6) is -0.999. The molecule has 0 heterocycles. The van der Waals surface area contributed by atoms with Crippen molar-refractivity contribution in [3.8, 4) is 0 Å². The maximum absolute atomic E-state index is 11.0. The number of aliphatic hydroxyl groups excluding tert-OH is 2. The fourth-order valence-electron chi connectivity index (χ4n) is 0.584. The molecule has 2 atom stereocenters. The molecule has 0 amide bonds. The molecule has 0 aliphatic carbocycles. The lowest BCUT2D eigenvalue weighted by Gasteiger charge is -2.13. The Kier molecular flexibility index (Phi) is 6.68. The average molecular weight is 259 g/mol. The van der Waals surface area contributed by atoms with Gasteiger partial charge in [0.05, 0.1) is 13.2 Å². The highest BCUT2D eigenvalue weighted by molar-refractivity contribution is 7.46. The van der Waals surface area contributed by atoms with Crippen molar-refractivity contribution in [2.45, 2.75) is 12.1 Å². The Morgan fingerprint density at radius 2 is 1.94 bits per heavy atom. The minimum Gasteiger partial charge on any atom is -0.462 e. The average Bonchev–Trinajstić information content (AvgIpc) is 2.20. The van der Waals surface area contributed by atoms with Crippen molar-refractivity contribution in [2.75, 3.05) is 19.8 Å². The number of ether oxygens (including phenoxy) is 1. The van der Waals surface area contributed by atoms with Gasteiger partial charge in [0.15, 0.2) is 0 Å². The van der Waals surface area contributed by atoms with Gasteiger partial charge in [-0.3, -0.25) is 9.32 Å². The van der Waals surface area contributed by atoms with E-state index in [2.05, 4.69) is 9.26 Å². The van der Waals surface area contributed by atoms with E-state index < -0.39 is 45.8 Å². The van der Waals surface area contributed by atoms with Gasteiger partial charge in [0, 0.05) is 0 Å². The smallest absolute Gasteiger partial charge is 0.462 e. The summed E-state index contributed by atoms with van der Waals surface area (Å²) in [4.78, 5) is 27.6. The second kappa shape index (κ2) is 6.92. The first-order valence-electron chi connectivity index (χ1n) is 4.17. The molecule has 9 nitrogen and oxygen atoms in total. The molecule has 6 N–H and O–H groups in total. The standard InChI is InChI=1S/C6H14NO8P/c7-5(3-15-16(11,12)13)6(10)14-2-4(9)1-8/h4-5,8-9H,1-3,7H2,(H2,11,12,13)/t4?,5-/m0/s1. The van der Waals surface area contributed by atoms with Crippen LogP contribution in [-0.2, 0) is 18.6 Å². The number of hydrogen-bond donors (Lipinski definition) is 5. The highest BCUT2D eigenvalue weighted by Crippen LogP contribution is 2.35. The summed E-state index contributed by atoms with van der Waals surface area (Å²) in [5, 5.41) is 17.2. The second-order valence-electron chi connectivity index (χ2n) is 2.86. The summed E-state index contributed by atoms with van der Waals surface area (Å²) >= 11 is 0. The first kappa shape index (κ1) is 15.5.